The van der Waals surface area contributed by atoms with Gasteiger partial charge in [-0.2, -0.15) is 10.1 Å². The third-order valence-corrected chi connectivity index (χ3v) is 4.48. The number of hydrogen-bond donors (Lipinski definition) is 0. The normalized spacial score (nSPS) is 15.4. The van der Waals surface area contributed by atoms with E-state index in [1.165, 1.54) is 37.9 Å². The molecule has 0 radical (unpaired) electrons. The third-order valence-electron chi connectivity index (χ3n) is 4.48. The average Bonchev–Trinajstić information content (AvgIpc) is 3.14. The van der Waals surface area contributed by atoms with Gasteiger partial charge in [-0.15, -0.1) is 5.10 Å². The lowest BCUT2D eigenvalue weighted by atomic mass is 10.1. The second-order valence-corrected chi connectivity index (χ2v) is 6.52. The van der Waals surface area contributed by atoms with E-state index in [1.54, 1.807) is 0 Å². The van der Waals surface area contributed by atoms with Gasteiger partial charge in [-0.25, -0.2) is 0 Å². The van der Waals surface area contributed by atoms with Gasteiger partial charge < -0.3 is 4.52 Å². The first-order valence-electron chi connectivity index (χ1n) is 8.74. The maximum Gasteiger partial charge on any atom is 0.278 e. The number of likely N-dealkylation sites (tertiary alicyclic amines) is 1. The summed E-state index contributed by atoms with van der Waals surface area (Å²) < 4.78 is 5.36. The standard InChI is InChI=1S/C19H21N5O/c1-14-8-9-17(22-21-14)19-20-18(23-25-19)16-7-5-6-15(12-16)13-24-10-3-2-4-11-24/h5-9,12H,2-4,10-11,13H2,1H3. The minimum absolute atomic E-state index is 0.393. The Labute approximate surface area is 146 Å². The van der Waals surface area contributed by atoms with Crippen LogP contribution in [0.15, 0.2) is 40.9 Å². The summed E-state index contributed by atoms with van der Waals surface area (Å²) in [6.07, 6.45) is 3.95. The lowest BCUT2D eigenvalue weighted by Gasteiger charge is -2.26. The van der Waals surface area contributed by atoms with Gasteiger partial charge in [0.2, 0.25) is 5.82 Å². The Balaban J connectivity index is 1.53. The highest BCUT2D eigenvalue weighted by Gasteiger charge is 2.14. The predicted molar refractivity (Wildman–Crippen MR) is 94.6 cm³/mol. The molecule has 6 heteroatoms. The number of rotatable bonds is 4. The SMILES string of the molecule is Cc1ccc(-c2nc(-c3cccc(CN4CCCCC4)c3)no2)nn1. The van der Waals surface area contributed by atoms with Gasteiger partial charge >= 0.3 is 0 Å². The number of aryl methyl sites for hydroxylation is 1. The molecular weight excluding hydrogens is 314 g/mol. The molecule has 128 valence electrons. The maximum absolute atomic E-state index is 5.36. The zero-order valence-corrected chi connectivity index (χ0v) is 14.4. The van der Waals surface area contributed by atoms with Gasteiger partial charge in [0.15, 0.2) is 5.69 Å². The molecule has 0 bridgehead atoms. The number of piperidine rings is 1. The Morgan fingerprint density at radius 3 is 2.72 bits per heavy atom. The van der Waals surface area contributed by atoms with Crippen molar-refractivity contribution in [1.29, 1.82) is 0 Å². The van der Waals surface area contributed by atoms with E-state index in [0.717, 1.165) is 17.8 Å². The quantitative estimate of drug-likeness (QED) is 0.727. The first-order chi connectivity index (χ1) is 12.3. The fourth-order valence-corrected chi connectivity index (χ4v) is 3.14. The number of nitrogens with zero attached hydrogens (tertiary/aromatic N) is 5. The molecule has 1 aromatic carbocycles. The van der Waals surface area contributed by atoms with E-state index >= 15 is 0 Å². The fourth-order valence-electron chi connectivity index (χ4n) is 3.14. The molecule has 3 heterocycles. The number of hydrogen-bond acceptors (Lipinski definition) is 6. The van der Waals surface area contributed by atoms with Crippen molar-refractivity contribution < 1.29 is 4.52 Å². The second kappa shape index (κ2) is 7.11. The van der Waals surface area contributed by atoms with Gasteiger partial charge in [-0.1, -0.05) is 29.8 Å². The van der Waals surface area contributed by atoms with Gasteiger partial charge in [0.1, 0.15) is 0 Å². The van der Waals surface area contributed by atoms with Crippen LogP contribution in [0.2, 0.25) is 0 Å². The molecule has 25 heavy (non-hydrogen) atoms. The molecular formula is C19H21N5O. The summed E-state index contributed by atoms with van der Waals surface area (Å²) in [5.41, 5.74) is 3.69. The van der Waals surface area contributed by atoms with Crippen molar-refractivity contribution in [1.82, 2.24) is 25.2 Å². The summed E-state index contributed by atoms with van der Waals surface area (Å²) in [5.74, 6) is 0.974. The van der Waals surface area contributed by atoms with Crippen molar-refractivity contribution in [2.75, 3.05) is 13.1 Å². The van der Waals surface area contributed by atoms with Crippen LogP contribution in [0.3, 0.4) is 0 Å². The molecule has 4 rings (SSSR count). The average molecular weight is 335 g/mol. The highest BCUT2D eigenvalue weighted by atomic mass is 16.5. The molecule has 0 saturated carbocycles. The van der Waals surface area contributed by atoms with Crippen molar-refractivity contribution >= 4 is 0 Å². The van der Waals surface area contributed by atoms with Gasteiger partial charge in [-0.3, -0.25) is 4.90 Å². The van der Waals surface area contributed by atoms with Crippen molar-refractivity contribution in [2.45, 2.75) is 32.7 Å². The van der Waals surface area contributed by atoms with E-state index in [9.17, 15) is 0 Å². The third kappa shape index (κ3) is 3.74. The molecule has 1 saturated heterocycles. The molecule has 3 aromatic rings. The van der Waals surface area contributed by atoms with Crippen molar-refractivity contribution in [3.8, 4) is 23.0 Å². The highest BCUT2D eigenvalue weighted by Crippen LogP contribution is 2.22. The van der Waals surface area contributed by atoms with Crippen LogP contribution in [-0.2, 0) is 6.54 Å². The summed E-state index contributed by atoms with van der Waals surface area (Å²) in [7, 11) is 0. The van der Waals surface area contributed by atoms with Gasteiger partial charge in [0.05, 0.1) is 5.69 Å². The molecule has 1 aliphatic rings. The number of benzene rings is 1. The van der Waals surface area contributed by atoms with Crippen molar-refractivity contribution in [2.24, 2.45) is 0 Å². The molecule has 0 amide bonds. The predicted octanol–water partition coefficient (Wildman–Crippen LogP) is 3.49. The number of aromatic nitrogens is 4. The summed E-state index contributed by atoms with van der Waals surface area (Å²) >= 11 is 0. The van der Waals surface area contributed by atoms with Crippen LogP contribution >= 0.6 is 0 Å². The highest BCUT2D eigenvalue weighted by molar-refractivity contribution is 5.58. The zero-order chi connectivity index (χ0) is 17.1. The van der Waals surface area contributed by atoms with E-state index in [1.807, 2.05) is 25.1 Å². The van der Waals surface area contributed by atoms with Crippen LogP contribution in [0, 0.1) is 6.92 Å². The Kier molecular flexibility index (Phi) is 4.52. The van der Waals surface area contributed by atoms with E-state index in [-0.39, 0.29) is 0 Å². The Bertz CT molecular complexity index is 837. The Morgan fingerprint density at radius 2 is 1.92 bits per heavy atom. The molecule has 6 nitrogen and oxygen atoms in total. The first kappa shape index (κ1) is 15.9. The monoisotopic (exact) mass is 335 g/mol. The van der Waals surface area contributed by atoms with E-state index in [0.29, 0.717) is 17.4 Å². The van der Waals surface area contributed by atoms with E-state index in [4.69, 9.17) is 4.52 Å². The van der Waals surface area contributed by atoms with Crippen LogP contribution in [0.25, 0.3) is 23.0 Å². The minimum atomic E-state index is 0.393. The maximum atomic E-state index is 5.36. The molecule has 1 aliphatic heterocycles. The van der Waals surface area contributed by atoms with Crippen LogP contribution < -0.4 is 0 Å². The van der Waals surface area contributed by atoms with Gasteiger partial charge in [0, 0.05) is 12.1 Å². The summed E-state index contributed by atoms with van der Waals surface area (Å²) in [4.78, 5) is 6.98. The smallest absolute Gasteiger partial charge is 0.278 e. The van der Waals surface area contributed by atoms with Gasteiger partial charge in [0.25, 0.3) is 5.89 Å². The van der Waals surface area contributed by atoms with E-state index < -0.39 is 0 Å². The van der Waals surface area contributed by atoms with Crippen LogP contribution in [0.1, 0.15) is 30.5 Å². The van der Waals surface area contributed by atoms with E-state index in [2.05, 4.69) is 43.4 Å². The second-order valence-electron chi connectivity index (χ2n) is 6.52. The molecule has 0 N–H and O–H groups in total. The largest absolute Gasteiger partial charge is 0.332 e. The molecule has 0 spiro atoms. The van der Waals surface area contributed by atoms with Crippen molar-refractivity contribution in [3.05, 3.63) is 47.7 Å². The Morgan fingerprint density at radius 1 is 1.04 bits per heavy atom. The molecule has 2 aromatic heterocycles. The first-order valence-corrected chi connectivity index (χ1v) is 8.74. The van der Waals surface area contributed by atoms with Crippen LogP contribution in [0.5, 0.6) is 0 Å². The Hall–Kier alpha value is -2.60. The molecule has 0 unspecified atom stereocenters. The summed E-state index contributed by atoms with van der Waals surface area (Å²) in [6, 6.07) is 12.1. The molecule has 1 fully saturated rings. The topological polar surface area (TPSA) is 67.9 Å². The van der Waals surface area contributed by atoms with Crippen LogP contribution in [-0.4, -0.2) is 38.3 Å². The lowest BCUT2D eigenvalue weighted by Crippen LogP contribution is -2.29. The van der Waals surface area contributed by atoms with Crippen LogP contribution in [0.4, 0.5) is 0 Å². The lowest BCUT2D eigenvalue weighted by molar-refractivity contribution is 0.221. The summed E-state index contributed by atoms with van der Waals surface area (Å²) in [6.45, 7) is 5.23. The zero-order valence-electron chi connectivity index (χ0n) is 14.4. The van der Waals surface area contributed by atoms with Gasteiger partial charge in [-0.05, 0) is 56.6 Å². The minimum Gasteiger partial charge on any atom is -0.332 e. The molecule has 0 atom stereocenters. The van der Waals surface area contributed by atoms with Crippen molar-refractivity contribution in [3.63, 3.8) is 0 Å². The fraction of sp³-hybridized carbons (Fsp3) is 0.368. The summed E-state index contributed by atoms with van der Waals surface area (Å²) in [5, 5.41) is 12.2. The molecule has 0 aliphatic carbocycles.